The molecule has 1 saturated heterocycles. The fourth-order valence-electron chi connectivity index (χ4n) is 2.53. The second kappa shape index (κ2) is 9.35. The van der Waals surface area contributed by atoms with E-state index in [2.05, 4.69) is 0 Å². The number of ether oxygens (including phenoxy) is 3. The molecule has 0 radical (unpaired) electrons. The first-order valence-corrected chi connectivity index (χ1v) is 10.3. The molecule has 0 saturated carbocycles. The Kier molecular flexibility index (Phi) is 7.39. The lowest BCUT2D eigenvalue weighted by molar-refractivity contribution is -0.134. The van der Waals surface area contributed by atoms with Crippen LogP contribution in [0, 0.1) is 0 Å². The summed E-state index contributed by atoms with van der Waals surface area (Å²) in [7, 11) is -0.906. The summed E-state index contributed by atoms with van der Waals surface area (Å²) < 4.78 is 42.6. The molecule has 156 valence electrons. The van der Waals surface area contributed by atoms with E-state index in [0.717, 1.165) is 0 Å². The number of amides is 1. The smallest absolute Gasteiger partial charge is 0.338 e. The number of methoxy groups -OCH3 is 1. The highest BCUT2D eigenvalue weighted by atomic mass is 32.2. The van der Waals surface area contributed by atoms with E-state index in [1.165, 1.54) is 34.5 Å². The van der Waals surface area contributed by atoms with Crippen molar-refractivity contribution in [1.82, 2.24) is 9.21 Å². The number of sulfonamides is 1. The maximum Gasteiger partial charge on any atom is 0.338 e. The van der Waals surface area contributed by atoms with Crippen molar-refractivity contribution in [2.75, 3.05) is 47.1 Å². The Morgan fingerprint density at radius 1 is 1.25 bits per heavy atom. The number of rotatable bonds is 7. The Morgan fingerprint density at radius 2 is 1.89 bits per heavy atom. The molecule has 1 heterocycles. The van der Waals surface area contributed by atoms with Crippen LogP contribution >= 0.6 is 0 Å². The van der Waals surface area contributed by atoms with Crippen LogP contribution < -0.4 is 4.74 Å². The van der Waals surface area contributed by atoms with E-state index in [0.29, 0.717) is 13.2 Å². The Balaban J connectivity index is 2.22. The molecule has 1 aromatic rings. The highest BCUT2D eigenvalue weighted by Gasteiger charge is 2.30. The summed E-state index contributed by atoms with van der Waals surface area (Å²) in [5, 5.41) is 0. The van der Waals surface area contributed by atoms with Crippen LogP contribution in [-0.2, 0) is 24.3 Å². The van der Waals surface area contributed by atoms with Gasteiger partial charge in [0, 0.05) is 26.2 Å². The third kappa shape index (κ3) is 5.00. The zero-order chi connectivity index (χ0) is 20.9. The van der Waals surface area contributed by atoms with Crippen LogP contribution in [0.5, 0.6) is 5.75 Å². The van der Waals surface area contributed by atoms with Crippen LogP contribution in [0.3, 0.4) is 0 Å². The largest absolute Gasteiger partial charge is 0.495 e. The summed E-state index contributed by atoms with van der Waals surface area (Å²) in [5.41, 5.74) is 0.0210. The predicted octanol–water partition coefficient (Wildman–Crippen LogP) is 0.740. The maximum absolute atomic E-state index is 12.9. The number of nitrogens with zero attached hydrogens (tertiary/aromatic N) is 2. The van der Waals surface area contributed by atoms with Gasteiger partial charge in [-0.2, -0.15) is 4.31 Å². The number of hydrogen-bond donors (Lipinski definition) is 0. The van der Waals surface area contributed by atoms with E-state index in [9.17, 15) is 18.0 Å². The van der Waals surface area contributed by atoms with Crippen molar-refractivity contribution in [3.8, 4) is 5.75 Å². The fourth-order valence-corrected chi connectivity index (χ4v) is 4.12. The molecule has 0 N–H and O–H groups in total. The topological polar surface area (TPSA) is 102 Å². The van der Waals surface area contributed by atoms with E-state index >= 15 is 0 Å². The minimum atomic E-state index is -3.87. The van der Waals surface area contributed by atoms with E-state index < -0.39 is 22.6 Å². The molecule has 0 bridgehead atoms. The molecular formula is C18H26N2O7S. The van der Waals surface area contributed by atoms with Crippen LogP contribution in [0.15, 0.2) is 23.1 Å². The Hall–Kier alpha value is -2.17. The standard InChI is InChI=1S/C18H26N2O7S/c1-13(2)19(3)17(21)12-27-18(22)14-5-6-15(25-4)16(11-14)28(23,24)20-7-9-26-10-8-20/h5-6,11,13H,7-10,12H2,1-4H3. The summed E-state index contributed by atoms with van der Waals surface area (Å²) in [5.74, 6) is -1.01. The normalized spacial score (nSPS) is 15.3. The van der Waals surface area contributed by atoms with Gasteiger partial charge in [-0.25, -0.2) is 13.2 Å². The van der Waals surface area contributed by atoms with Crippen LogP contribution in [0.1, 0.15) is 24.2 Å². The molecule has 1 aromatic carbocycles. The molecule has 9 nitrogen and oxygen atoms in total. The zero-order valence-electron chi connectivity index (χ0n) is 16.5. The van der Waals surface area contributed by atoms with Gasteiger partial charge < -0.3 is 19.1 Å². The summed E-state index contributed by atoms with van der Waals surface area (Å²) in [6.45, 7) is 4.29. The monoisotopic (exact) mass is 414 g/mol. The minimum absolute atomic E-state index is 0.0210. The van der Waals surface area contributed by atoms with Crippen molar-refractivity contribution in [3.63, 3.8) is 0 Å². The van der Waals surface area contributed by atoms with Gasteiger partial charge in [-0.05, 0) is 32.0 Å². The van der Waals surface area contributed by atoms with Crippen LogP contribution in [0.25, 0.3) is 0 Å². The van der Waals surface area contributed by atoms with Gasteiger partial charge in [-0.15, -0.1) is 0 Å². The molecule has 2 rings (SSSR count). The lowest BCUT2D eigenvalue weighted by Gasteiger charge is -2.26. The van der Waals surface area contributed by atoms with Crippen molar-refractivity contribution >= 4 is 21.9 Å². The molecule has 0 aromatic heterocycles. The predicted molar refractivity (Wildman–Crippen MR) is 101 cm³/mol. The number of hydrogen-bond acceptors (Lipinski definition) is 7. The number of likely N-dealkylation sites (N-methyl/N-ethyl adjacent to an activating group) is 1. The van der Waals surface area contributed by atoms with Crippen LogP contribution in [0.2, 0.25) is 0 Å². The molecule has 1 aliphatic heterocycles. The zero-order valence-corrected chi connectivity index (χ0v) is 17.3. The second-order valence-electron chi connectivity index (χ2n) is 6.56. The van der Waals surface area contributed by atoms with Crippen molar-refractivity contribution in [1.29, 1.82) is 0 Å². The van der Waals surface area contributed by atoms with Gasteiger partial charge in [-0.1, -0.05) is 0 Å². The molecule has 28 heavy (non-hydrogen) atoms. The minimum Gasteiger partial charge on any atom is -0.495 e. The van der Waals surface area contributed by atoms with Crippen LogP contribution in [0.4, 0.5) is 0 Å². The quantitative estimate of drug-likeness (QED) is 0.606. The number of benzene rings is 1. The molecular weight excluding hydrogens is 388 g/mol. The molecule has 10 heteroatoms. The Morgan fingerprint density at radius 3 is 2.46 bits per heavy atom. The number of morpholine rings is 1. The lowest BCUT2D eigenvalue weighted by Crippen LogP contribution is -2.40. The SMILES string of the molecule is COc1ccc(C(=O)OCC(=O)N(C)C(C)C)cc1S(=O)(=O)N1CCOCC1. The molecule has 0 aliphatic carbocycles. The highest BCUT2D eigenvalue weighted by molar-refractivity contribution is 7.89. The highest BCUT2D eigenvalue weighted by Crippen LogP contribution is 2.28. The van der Waals surface area contributed by atoms with Gasteiger partial charge in [0.25, 0.3) is 5.91 Å². The third-order valence-corrected chi connectivity index (χ3v) is 6.40. The lowest BCUT2D eigenvalue weighted by atomic mass is 10.2. The Labute approximate surface area is 165 Å². The molecule has 1 aliphatic rings. The summed E-state index contributed by atoms with van der Waals surface area (Å²) in [4.78, 5) is 25.6. The van der Waals surface area contributed by atoms with E-state index in [4.69, 9.17) is 14.2 Å². The molecule has 1 amide bonds. The third-order valence-electron chi connectivity index (χ3n) is 4.48. The maximum atomic E-state index is 12.9. The first-order chi connectivity index (χ1) is 13.2. The summed E-state index contributed by atoms with van der Waals surface area (Å²) >= 11 is 0. The average Bonchev–Trinajstić information content (AvgIpc) is 2.71. The van der Waals surface area contributed by atoms with Crippen LogP contribution in [-0.4, -0.2) is 82.6 Å². The summed E-state index contributed by atoms with van der Waals surface area (Å²) in [6.07, 6.45) is 0. The number of carbonyl (C=O) groups is 2. The summed E-state index contributed by atoms with van der Waals surface area (Å²) in [6, 6.07) is 3.97. The fraction of sp³-hybridized carbons (Fsp3) is 0.556. The number of esters is 1. The van der Waals surface area contributed by atoms with E-state index in [1.807, 2.05) is 13.8 Å². The average molecular weight is 414 g/mol. The van der Waals surface area contributed by atoms with Gasteiger partial charge in [0.15, 0.2) is 6.61 Å². The van der Waals surface area contributed by atoms with Crippen molar-refractivity contribution in [3.05, 3.63) is 23.8 Å². The van der Waals surface area contributed by atoms with Crippen molar-refractivity contribution in [2.45, 2.75) is 24.8 Å². The molecule has 1 fully saturated rings. The number of carbonyl (C=O) groups excluding carboxylic acids is 2. The van der Waals surface area contributed by atoms with Gasteiger partial charge >= 0.3 is 5.97 Å². The van der Waals surface area contributed by atoms with Gasteiger partial charge in [0.2, 0.25) is 10.0 Å². The van der Waals surface area contributed by atoms with Gasteiger partial charge in [-0.3, -0.25) is 4.79 Å². The second-order valence-corrected chi connectivity index (χ2v) is 8.46. The first-order valence-electron chi connectivity index (χ1n) is 8.87. The van der Waals surface area contributed by atoms with E-state index in [-0.39, 0.29) is 41.2 Å². The molecule has 0 unspecified atom stereocenters. The molecule has 0 atom stereocenters. The first kappa shape index (κ1) is 22.1. The van der Waals surface area contributed by atoms with Gasteiger partial charge in [0.05, 0.1) is 25.9 Å². The van der Waals surface area contributed by atoms with Crippen molar-refractivity contribution < 1.29 is 32.2 Å². The van der Waals surface area contributed by atoms with E-state index in [1.54, 1.807) is 7.05 Å². The van der Waals surface area contributed by atoms with Gasteiger partial charge in [0.1, 0.15) is 10.6 Å². The Bertz CT molecular complexity index is 817. The molecule has 0 spiro atoms. The van der Waals surface area contributed by atoms with Crippen molar-refractivity contribution in [2.24, 2.45) is 0 Å².